The normalized spacial score (nSPS) is 15.9. The number of benzene rings is 2. The van der Waals surface area contributed by atoms with Gasteiger partial charge in [-0.05, 0) is 36.2 Å². The summed E-state index contributed by atoms with van der Waals surface area (Å²) in [4.78, 5) is 28.0. The number of aryl methyl sites for hydroxylation is 1. The second-order valence-electron chi connectivity index (χ2n) is 6.63. The van der Waals surface area contributed by atoms with Crippen LogP contribution in [0.3, 0.4) is 0 Å². The second kappa shape index (κ2) is 6.59. The highest BCUT2D eigenvalue weighted by atomic mass is 32.1. The van der Waals surface area contributed by atoms with Gasteiger partial charge >= 0.3 is 0 Å². The number of rotatable bonds is 3. The first-order chi connectivity index (χ1) is 14.1. The van der Waals surface area contributed by atoms with Crippen LogP contribution in [0.4, 0.5) is 9.52 Å². The van der Waals surface area contributed by atoms with Crippen molar-refractivity contribution in [1.29, 1.82) is 0 Å². The molecular weight excluding hydrogens is 393 g/mol. The minimum atomic E-state index is -0.767. The molecule has 0 radical (unpaired) electrons. The predicted octanol–water partition coefficient (Wildman–Crippen LogP) is 4.10. The third-order valence-electron chi connectivity index (χ3n) is 4.93. The zero-order valence-electron chi connectivity index (χ0n) is 15.3. The minimum Gasteiger partial charge on any atom is -0.450 e. The zero-order valence-corrected chi connectivity index (χ0v) is 16.1. The summed E-state index contributed by atoms with van der Waals surface area (Å²) in [5, 5.41) is 9.78. The molecule has 29 heavy (non-hydrogen) atoms. The van der Waals surface area contributed by atoms with Gasteiger partial charge in [0.25, 0.3) is 5.91 Å². The smallest absolute Gasteiger partial charge is 0.297 e. The van der Waals surface area contributed by atoms with Crippen LogP contribution in [0.2, 0.25) is 0 Å². The Kier molecular flexibility index (Phi) is 4.02. The SMILES string of the molecule is CCc1nnc(N2C(=O)c3oc4ccccc4c(=O)c3C2c2ccc(F)cc2)s1. The molecule has 0 saturated carbocycles. The summed E-state index contributed by atoms with van der Waals surface area (Å²) in [7, 11) is 0. The summed E-state index contributed by atoms with van der Waals surface area (Å²) in [6.45, 7) is 1.94. The summed E-state index contributed by atoms with van der Waals surface area (Å²) >= 11 is 1.28. The van der Waals surface area contributed by atoms with Crippen LogP contribution in [0.15, 0.2) is 57.7 Å². The largest absolute Gasteiger partial charge is 0.450 e. The van der Waals surface area contributed by atoms with Crippen LogP contribution in [0.5, 0.6) is 0 Å². The molecular formula is C21H14FN3O3S. The minimum absolute atomic E-state index is 0.0173. The highest BCUT2D eigenvalue weighted by Crippen LogP contribution is 2.42. The number of aromatic nitrogens is 2. The van der Waals surface area contributed by atoms with Gasteiger partial charge in [0.1, 0.15) is 16.4 Å². The highest BCUT2D eigenvalue weighted by Gasteiger charge is 2.45. The number of halogens is 1. The van der Waals surface area contributed by atoms with Gasteiger partial charge in [0.15, 0.2) is 5.43 Å². The zero-order chi connectivity index (χ0) is 20.1. The van der Waals surface area contributed by atoms with Crippen LogP contribution in [0.1, 0.15) is 39.7 Å². The molecule has 5 rings (SSSR count). The van der Waals surface area contributed by atoms with Gasteiger partial charge in [-0.2, -0.15) is 0 Å². The molecule has 1 amide bonds. The number of amides is 1. The van der Waals surface area contributed by atoms with Crippen molar-refractivity contribution in [1.82, 2.24) is 10.2 Å². The van der Waals surface area contributed by atoms with E-state index in [9.17, 15) is 14.0 Å². The molecule has 2 aromatic heterocycles. The molecule has 2 aromatic carbocycles. The van der Waals surface area contributed by atoms with Crippen molar-refractivity contribution in [2.45, 2.75) is 19.4 Å². The van der Waals surface area contributed by atoms with Crippen LogP contribution >= 0.6 is 11.3 Å². The maximum Gasteiger partial charge on any atom is 0.297 e. The van der Waals surface area contributed by atoms with E-state index in [1.54, 1.807) is 36.4 Å². The lowest BCUT2D eigenvalue weighted by atomic mass is 9.99. The van der Waals surface area contributed by atoms with Gasteiger partial charge in [-0.25, -0.2) is 4.39 Å². The number of carbonyl (C=O) groups excluding carboxylic acids is 1. The average molecular weight is 407 g/mol. The van der Waals surface area contributed by atoms with E-state index in [0.29, 0.717) is 28.1 Å². The van der Waals surface area contributed by atoms with Crippen LogP contribution in [0, 0.1) is 5.82 Å². The van der Waals surface area contributed by atoms with Crippen molar-refractivity contribution in [2.24, 2.45) is 0 Å². The first-order valence-electron chi connectivity index (χ1n) is 9.05. The topological polar surface area (TPSA) is 76.3 Å². The number of carbonyl (C=O) groups is 1. The lowest BCUT2D eigenvalue weighted by Crippen LogP contribution is -2.29. The molecule has 0 saturated heterocycles. The Morgan fingerprint density at radius 2 is 1.86 bits per heavy atom. The van der Waals surface area contributed by atoms with E-state index >= 15 is 0 Å². The molecule has 0 fully saturated rings. The van der Waals surface area contributed by atoms with E-state index in [1.807, 2.05) is 6.92 Å². The first-order valence-corrected chi connectivity index (χ1v) is 9.87. The third-order valence-corrected chi connectivity index (χ3v) is 5.99. The number of hydrogen-bond donors (Lipinski definition) is 0. The Hall–Kier alpha value is -3.39. The summed E-state index contributed by atoms with van der Waals surface area (Å²) < 4.78 is 19.4. The Bertz CT molecular complexity index is 1310. The third kappa shape index (κ3) is 2.67. The quantitative estimate of drug-likeness (QED) is 0.511. The maximum absolute atomic E-state index is 13.5. The van der Waals surface area contributed by atoms with E-state index in [0.717, 1.165) is 5.01 Å². The second-order valence-corrected chi connectivity index (χ2v) is 7.67. The Morgan fingerprint density at radius 1 is 1.10 bits per heavy atom. The summed E-state index contributed by atoms with van der Waals surface area (Å²) in [6.07, 6.45) is 0.676. The van der Waals surface area contributed by atoms with Gasteiger partial charge in [-0.1, -0.05) is 42.5 Å². The standard InChI is InChI=1S/C21H14FN3O3S/c1-2-15-23-24-21(29-15)25-17(11-7-9-12(22)10-8-11)16-18(26)13-5-3-4-6-14(13)28-19(16)20(25)27/h3-10,17H,2H2,1H3. The molecule has 4 aromatic rings. The maximum atomic E-state index is 13.5. The van der Waals surface area contributed by atoms with E-state index in [1.165, 1.54) is 28.4 Å². The van der Waals surface area contributed by atoms with Gasteiger partial charge in [-0.3, -0.25) is 14.5 Å². The molecule has 144 valence electrons. The lowest BCUT2D eigenvalue weighted by molar-refractivity contribution is 0.0970. The Balaban J connectivity index is 1.80. The van der Waals surface area contributed by atoms with Crippen molar-refractivity contribution in [2.75, 3.05) is 4.90 Å². The number of para-hydroxylation sites is 1. The van der Waals surface area contributed by atoms with Crippen molar-refractivity contribution >= 4 is 33.3 Å². The average Bonchev–Trinajstić information content (AvgIpc) is 3.32. The Labute approximate surface area is 168 Å². The van der Waals surface area contributed by atoms with E-state index in [-0.39, 0.29) is 16.8 Å². The van der Waals surface area contributed by atoms with Crippen molar-refractivity contribution in [3.8, 4) is 0 Å². The summed E-state index contributed by atoms with van der Waals surface area (Å²) in [6, 6.07) is 11.8. The van der Waals surface area contributed by atoms with Crippen LogP contribution in [-0.2, 0) is 6.42 Å². The molecule has 0 aliphatic carbocycles. The van der Waals surface area contributed by atoms with Crippen molar-refractivity contribution in [3.05, 3.63) is 86.5 Å². The molecule has 0 spiro atoms. The van der Waals surface area contributed by atoms with Gasteiger partial charge in [0.05, 0.1) is 17.0 Å². The van der Waals surface area contributed by atoms with E-state index in [2.05, 4.69) is 10.2 Å². The number of nitrogens with zero attached hydrogens (tertiary/aromatic N) is 3. The highest BCUT2D eigenvalue weighted by molar-refractivity contribution is 7.15. The fourth-order valence-corrected chi connectivity index (χ4v) is 4.37. The van der Waals surface area contributed by atoms with Gasteiger partial charge in [0, 0.05) is 0 Å². The van der Waals surface area contributed by atoms with E-state index < -0.39 is 17.8 Å². The molecule has 8 heteroatoms. The fourth-order valence-electron chi connectivity index (χ4n) is 3.56. The van der Waals surface area contributed by atoms with Gasteiger partial charge < -0.3 is 4.42 Å². The molecule has 1 aliphatic rings. The van der Waals surface area contributed by atoms with Crippen LogP contribution in [-0.4, -0.2) is 16.1 Å². The van der Waals surface area contributed by atoms with E-state index in [4.69, 9.17) is 4.42 Å². The van der Waals surface area contributed by atoms with Crippen molar-refractivity contribution < 1.29 is 13.6 Å². The molecule has 1 aliphatic heterocycles. The summed E-state index contributed by atoms with van der Waals surface area (Å²) in [5.74, 6) is -0.883. The van der Waals surface area contributed by atoms with Crippen LogP contribution in [0.25, 0.3) is 11.0 Å². The van der Waals surface area contributed by atoms with Gasteiger partial charge in [-0.15, -0.1) is 10.2 Å². The summed E-state index contributed by atoms with van der Waals surface area (Å²) in [5.41, 5.74) is 0.881. The number of anilines is 1. The number of hydrogen-bond acceptors (Lipinski definition) is 6. The van der Waals surface area contributed by atoms with Gasteiger partial charge in [0.2, 0.25) is 10.9 Å². The number of fused-ring (bicyclic) bond motifs is 2. The molecule has 1 atom stereocenters. The first kappa shape index (κ1) is 17.7. The molecule has 3 heterocycles. The molecule has 0 N–H and O–H groups in total. The molecule has 1 unspecified atom stereocenters. The Morgan fingerprint density at radius 3 is 2.59 bits per heavy atom. The monoisotopic (exact) mass is 407 g/mol. The lowest BCUT2D eigenvalue weighted by Gasteiger charge is -2.22. The van der Waals surface area contributed by atoms with Crippen LogP contribution < -0.4 is 10.3 Å². The molecule has 6 nitrogen and oxygen atoms in total. The van der Waals surface area contributed by atoms with Crippen molar-refractivity contribution in [3.63, 3.8) is 0 Å². The fraction of sp³-hybridized carbons (Fsp3) is 0.143. The predicted molar refractivity (Wildman–Crippen MR) is 107 cm³/mol. The molecule has 0 bridgehead atoms.